The predicted octanol–water partition coefficient (Wildman–Crippen LogP) is 2.69. The van der Waals surface area contributed by atoms with E-state index in [1.54, 1.807) is 6.07 Å². The Bertz CT molecular complexity index is 551. The monoisotopic (exact) mass is 296 g/mol. The highest BCUT2D eigenvalue weighted by atomic mass is 35.5. The van der Waals surface area contributed by atoms with E-state index in [0.29, 0.717) is 17.7 Å². The molecule has 2 saturated heterocycles. The number of rotatable bonds is 4. The lowest BCUT2D eigenvalue weighted by atomic mass is 9.70. The number of hydrogen-bond acceptors (Lipinski definition) is 4. The lowest BCUT2D eigenvalue weighted by Crippen LogP contribution is -2.41. The van der Waals surface area contributed by atoms with Crippen LogP contribution < -0.4 is 5.73 Å². The maximum absolute atomic E-state index is 10.7. The summed E-state index contributed by atoms with van der Waals surface area (Å²) in [6.07, 6.45) is 4.36. The van der Waals surface area contributed by atoms with E-state index >= 15 is 0 Å². The van der Waals surface area contributed by atoms with Gasteiger partial charge in [-0.25, -0.2) is 0 Å². The molecule has 3 unspecified atom stereocenters. The molecule has 1 aromatic carbocycles. The summed E-state index contributed by atoms with van der Waals surface area (Å²) in [6, 6.07) is 4.65. The van der Waals surface area contributed by atoms with Gasteiger partial charge >= 0.3 is 0 Å². The summed E-state index contributed by atoms with van der Waals surface area (Å²) in [6.45, 7) is 0.557. The van der Waals surface area contributed by atoms with Crippen molar-refractivity contribution in [1.82, 2.24) is 0 Å². The third kappa shape index (κ3) is 2.20. The molecule has 0 spiro atoms. The smallest absolute Gasteiger partial charge is 0.270 e. The summed E-state index contributed by atoms with van der Waals surface area (Å²) in [5.74, 6) is 0. The van der Waals surface area contributed by atoms with E-state index in [-0.39, 0.29) is 17.2 Å². The number of non-ortho nitro benzene ring substituents is 1. The van der Waals surface area contributed by atoms with Crippen molar-refractivity contribution in [2.45, 2.75) is 37.9 Å². The fourth-order valence-corrected chi connectivity index (χ4v) is 3.78. The highest BCUT2D eigenvalue weighted by Gasteiger charge is 2.51. The zero-order valence-corrected chi connectivity index (χ0v) is 11.8. The standard InChI is InChI=1S/C14H17ClN2O3/c15-12-5-10(17(18)19)2-1-9(12)6-14(8-16)7-11-3-4-13(14)20-11/h1-2,5,11,13H,3-4,6-8,16H2. The van der Waals surface area contributed by atoms with Gasteiger partial charge in [0, 0.05) is 24.1 Å². The number of nitro benzene ring substituents is 1. The molecule has 3 rings (SSSR count). The minimum absolute atomic E-state index is 0.0183. The summed E-state index contributed by atoms with van der Waals surface area (Å²) in [7, 11) is 0. The van der Waals surface area contributed by atoms with Gasteiger partial charge < -0.3 is 10.5 Å². The minimum Gasteiger partial charge on any atom is -0.374 e. The number of benzene rings is 1. The van der Waals surface area contributed by atoms with E-state index in [0.717, 1.165) is 31.2 Å². The molecule has 108 valence electrons. The number of hydrogen-bond donors (Lipinski definition) is 1. The molecule has 20 heavy (non-hydrogen) atoms. The fraction of sp³-hybridized carbons (Fsp3) is 0.571. The average Bonchev–Trinajstić information content (AvgIpc) is 3.01. The van der Waals surface area contributed by atoms with Crippen LogP contribution in [-0.4, -0.2) is 23.7 Å². The van der Waals surface area contributed by atoms with Crippen LogP contribution in [0.4, 0.5) is 5.69 Å². The van der Waals surface area contributed by atoms with Gasteiger partial charge in [0.05, 0.1) is 22.2 Å². The van der Waals surface area contributed by atoms with Gasteiger partial charge in [-0.3, -0.25) is 10.1 Å². The maximum Gasteiger partial charge on any atom is 0.270 e. The largest absolute Gasteiger partial charge is 0.374 e. The minimum atomic E-state index is -0.436. The number of ether oxygens (including phenoxy) is 1. The summed E-state index contributed by atoms with van der Waals surface area (Å²) < 4.78 is 5.92. The quantitative estimate of drug-likeness (QED) is 0.684. The van der Waals surface area contributed by atoms with Gasteiger partial charge in [-0.1, -0.05) is 17.7 Å². The predicted molar refractivity (Wildman–Crippen MR) is 75.8 cm³/mol. The van der Waals surface area contributed by atoms with Gasteiger partial charge in [-0.2, -0.15) is 0 Å². The first-order chi connectivity index (χ1) is 9.54. The molecule has 0 aromatic heterocycles. The first-order valence-corrected chi connectivity index (χ1v) is 7.20. The molecule has 0 radical (unpaired) electrons. The van der Waals surface area contributed by atoms with E-state index < -0.39 is 4.92 Å². The number of halogens is 1. The second kappa shape index (κ2) is 4.98. The third-order valence-corrected chi connectivity index (χ3v) is 4.97. The van der Waals surface area contributed by atoms with Gasteiger partial charge in [0.25, 0.3) is 5.69 Å². The van der Waals surface area contributed by atoms with E-state index in [4.69, 9.17) is 22.1 Å². The van der Waals surface area contributed by atoms with Gasteiger partial charge in [-0.05, 0) is 31.2 Å². The number of nitrogens with zero attached hydrogens (tertiary/aromatic N) is 1. The highest BCUT2D eigenvalue weighted by molar-refractivity contribution is 6.31. The van der Waals surface area contributed by atoms with Crippen LogP contribution >= 0.6 is 11.6 Å². The van der Waals surface area contributed by atoms with E-state index in [9.17, 15) is 10.1 Å². The first kappa shape index (κ1) is 13.8. The molecule has 5 nitrogen and oxygen atoms in total. The number of nitro groups is 1. The Morgan fingerprint density at radius 3 is 2.80 bits per heavy atom. The molecule has 0 saturated carbocycles. The molecule has 2 aliphatic rings. The van der Waals surface area contributed by atoms with Crippen LogP contribution in [0, 0.1) is 15.5 Å². The third-order valence-electron chi connectivity index (χ3n) is 4.62. The van der Waals surface area contributed by atoms with Crippen LogP contribution in [-0.2, 0) is 11.2 Å². The number of fused-ring (bicyclic) bond motifs is 2. The van der Waals surface area contributed by atoms with Gasteiger partial charge in [0.2, 0.25) is 0 Å². The molecule has 2 bridgehead atoms. The fourth-order valence-electron chi connectivity index (χ4n) is 3.54. The van der Waals surface area contributed by atoms with Crippen LogP contribution in [0.2, 0.25) is 5.02 Å². The molecule has 1 aromatic rings. The molecule has 0 amide bonds. The second-order valence-corrected chi connectivity index (χ2v) is 6.21. The summed E-state index contributed by atoms with van der Waals surface area (Å²) >= 11 is 6.19. The molecule has 6 heteroatoms. The normalized spacial score (nSPS) is 31.7. The van der Waals surface area contributed by atoms with E-state index in [1.807, 2.05) is 0 Å². The molecular weight excluding hydrogens is 280 g/mol. The average molecular weight is 297 g/mol. The van der Waals surface area contributed by atoms with Crippen molar-refractivity contribution in [2.24, 2.45) is 11.1 Å². The second-order valence-electron chi connectivity index (χ2n) is 5.80. The molecule has 3 atom stereocenters. The van der Waals surface area contributed by atoms with Crippen molar-refractivity contribution in [3.05, 3.63) is 38.9 Å². The number of nitrogens with two attached hydrogens (primary N) is 1. The van der Waals surface area contributed by atoms with Crippen molar-refractivity contribution < 1.29 is 9.66 Å². The van der Waals surface area contributed by atoms with Crippen LogP contribution in [0.25, 0.3) is 0 Å². The van der Waals surface area contributed by atoms with Crippen molar-refractivity contribution in [3.63, 3.8) is 0 Å². The van der Waals surface area contributed by atoms with Gasteiger partial charge in [-0.15, -0.1) is 0 Å². The lowest BCUT2D eigenvalue weighted by Gasteiger charge is -2.34. The summed E-state index contributed by atoms with van der Waals surface area (Å²) in [4.78, 5) is 10.3. The van der Waals surface area contributed by atoms with Crippen LogP contribution in [0.5, 0.6) is 0 Å². The molecule has 2 aliphatic heterocycles. The van der Waals surface area contributed by atoms with Crippen LogP contribution in [0.3, 0.4) is 0 Å². The van der Waals surface area contributed by atoms with Gasteiger partial charge in [0.1, 0.15) is 0 Å². The summed E-state index contributed by atoms with van der Waals surface area (Å²) in [5, 5.41) is 11.2. The Kier molecular flexibility index (Phi) is 3.44. The molecule has 0 aliphatic carbocycles. The van der Waals surface area contributed by atoms with Crippen LogP contribution in [0.15, 0.2) is 18.2 Å². The SMILES string of the molecule is NCC1(Cc2ccc([N+](=O)[O-])cc2Cl)CC2CCC1O2. The van der Waals surface area contributed by atoms with Crippen LogP contribution in [0.1, 0.15) is 24.8 Å². The molecule has 2 heterocycles. The Hall–Kier alpha value is -1.17. The summed E-state index contributed by atoms with van der Waals surface area (Å²) in [5.41, 5.74) is 6.87. The lowest BCUT2D eigenvalue weighted by molar-refractivity contribution is -0.384. The van der Waals surface area contributed by atoms with E-state index in [2.05, 4.69) is 0 Å². The Balaban J connectivity index is 1.85. The first-order valence-electron chi connectivity index (χ1n) is 6.82. The maximum atomic E-state index is 10.7. The van der Waals surface area contributed by atoms with Crippen molar-refractivity contribution in [2.75, 3.05) is 6.54 Å². The Morgan fingerprint density at radius 1 is 1.50 bits per heavy atom. The molecule has 2 N–H and O–H groups in total. The molecular formula is C14H17ClN2O3. The molecule has 2 fully saturated rings. The Morgan fingerprint density at radius 2 is 2.30 bits per heavy atom. The Labute approximate surface area is 122 Å². The zero-order valence-electron chi connectivity index (χ0n) is 11.0. The highest BCUT2D eigenvalue weighted by Crippen LogP contribution is 2.49. The van der Waals surface area contributed by atoms with Gasteiger partial charge in [0.15, 0.2) is 0 Å². The van der Waals surface area contributed by atoms with E-state index in [1.165, 1.54) is 12.1 Å². The van der Waals surface area contributed by atoms with Crippen molar-refractivity contribution in [3.8, 4) is 0 Å². The topological polar surface area (TPSA) is 78.4 Å². The van der Waals surface area contributed by atoms with Crippen molar-refractivity contribution in [1.29, 1.82) is 0 Å². The zero-order chi connectivity index (χ0) is 14.3. The van der Waals surface area contributed by atoms with Crippen molar-refractivity contribution >= 4 is 17.3 Å².